The maximum absolute atomic E-state index is 12.2. The summed E-state index contributed by atoms with van der Waals surface area (Å²) in [6.45, 7) is 4.48. The second-order valence-electron chi connectivity index (χ2n) is 5.23. The molecule has 0 unspecified atom stereocenters. The standard InChI is InChI=1S/C17H20N2OS.ClH/c1-2-18-9-10-19-17(20)15-11-13-8-7-12-5-3-4-6-14(12)16(13)21-15;/h3-6,11,18H,2,7-10H2,1H3,(H,19,20);1H. The van der Waals surface area contributed by atoms with Gasteiger partial charge in [0.15, 0.2) is 0 Å². The second kappa shape index (κ2) is 7.77. The number of nitrogens with one attached hydrogen (secondary N) is 2. The van der Waals surface area contributed by atoms with Crippen molar-refractivity contribution >= 4 is 29.7 Å². The minimum atomic E-state index is 0. The Morgan fingerprint density at radius 2 is 1.95 bits per heavy atom. The van der Waals surface area contributed by atoms with Crippen molar-refractivity contribution in [2.45, 2.75) is 19.8 Å². The zero-order valence-electron chi connectivity index (χ0n) is 12.6. The van der Waals surface area contributed by atoms with Gasteiger partial charge in [0, 0.05) is 18.0 Å². The SMILES string of the molecule is CCNCCNC(=O)c1cc2c(s1)-c1ccccc1CC2.Cl. The fraction of sp³-hybridized carbons (Fsp3) is 0.353. The highest BCUT2D eigenvalue weighted by Crippen LogP contribution is 2.39. The van der Waals surface area contributed by atoms with Crippen molar-refractivity contribution < 1.29 is 4.79 Å². The van der Waals surface area contributed by atoms with E-state index in [0.717, 1.165) is 30.8 Å². The molecular weight excluding hydrogens is 316 g/mol. The van der Waals surface area contributed by atoms with Crippen LogP contribution < -0.4 is 10.6 Å². The van der Waals surface area contributed by atoms with Crippen molar-refractivity contribution in [3.8, 4) is 10.4 Å². The molecule has 1 aliphatic carbocycles. The van der Waals surface area contributed by atoms with Crippen LogP contribution in [0.15, 0.2) is 30.3 Å². The molecule has 1 aromatic carbocycles. The van der Waals surface area contributed by atoms with Gasteiger partial charge in [-0.25, -0.2) is 0 Å². The third-order valence-electron chi connectivity index (χ3n) is 3.80. The third-order valence-corrected chi connectivity index (χ3v) is 5.01. The Hall–Kier alpha value is -1.36. The molecule has 118 valence electrons. The van der Waals surface area contributed by atoms with E-state index in [2.05, 4.69) is 47.9 Å². The van der Waals surface area contributed by atoms with Crippen LogP contribution in [-0.4, -0.2) is 25.5 Å². The van der Waals surface area contributed by atoms with Gasteiger partial charge < -0.3 is 10.6 Å². The number of halogens is 1. The first-order chi connectivity index (χ1) is 10.3. The van der Waals surface area contributed by atoms with E-state index in [4.69, 9.17) is 0 Å². The minimum Gasteiger partial charge on any atom is -0.350 e. The number of aryl methyl sites for hydroxylation is 2. The molecule has 0 radical (unpaired) electrons. The molecule has 1 amide bonds. The van der Waals surface area contributed by atoms with Crippen LogP contribution in [0.4, 0.5) is 0 Å². The van der Waals surface area contributed by atoms with Crippen LogP contribution in [0, 0.1) is 0 Å². The zero-order chi connectivity index (χ0) is 14.7. The lowest BCUT2D eigenvalue weighted by atomic mass is 9.91. The van der Waals surface area contributed by atoms with Gasteiger partial charge in [0.2, 0.25) is 0 Å². The molecule has 2 aromatic rings. The maximum atomic E-state index is 12.2. The fourth-order valence-corrected chi connectivity index (χ4v) is 3.90. The maximum Gasteiger partial charge on any atom is 0.261 e. The Morgan fingerprint density at radius 1 is 1.18 bits per heavy atom. The van der Waals surface area contributed by atoms with Crippen LogP contribution in [0.5, 0.6) is 0 Å². The summed E-state index contributed by atoms with van der Waals surface area (Å²) in [5.41, 5.74) is 4.01. The Balaban J connectivity index is 0.00000176. The second-order valence-corrected chi connectivity index (χ2v) is 6.28. The van der Waals surface area contributed by atoms with Gasteiger partial charge in [-0.15, -0.1) is 23.7 Å². The Bertz CT molecular complexity index is 654. The summed E-state index contributed by atoms with van der Waals surface area (Å²) in [5.74, 6) is 0.0461. The molecule has 0 aliphatic heterocycles. The number of likely N-dealkylation sites (N-methyl/N-ethyl adjacent to an activating group) is 1. The predicted molar refractivity (Wildman–Crippen MR) is 95.3 cm³/mol. The van der Waals surface area contributed by atoms with Crippen LogP contribution in [-0.2, 0) is 12.8 Å². The molecule has 3 nitrogen and oxygen atoms in total. The third kappa shape index (κ3) is 3.51. The minimum absolute atomic E-state index is 0. The van der Waals surface area contributed by atoms with Gasteiger partial charge in [-0.2, -0.15) is 0 Å². The molecule has 1 aliphatic rings. The van der Waals surface area contributed by atoms with Crippen LogP contribution in [0.1, 0.15) is 27.7 Å². The molecule has 0 fully saturated rings. The summed E-state index contributed by atoms with van der Waals surface area (Å²) in [7, 11) is 0. The molecule has 0 spiro atoms. The number of amides is 1. The molecule has 0 bridgehead atoms. The highest BCUT2D eigenvalue weighted by atomic mass is 35.5. The average Bonchev–Trinajstić information content (AvgIpc) is 2.96. The molecule has 5 heteroatoms. The summed E-state index contributed by atoms with van der Waals surface area (Å²) in [4.78, 5) is 14.3. The number of thiophene rings is 1. The quantitative estimate of drug-likeness (QED) is 0.823. The molecular formula is C17H21ClN2OS. The van der Waals surface area contributed by atoms with Crippen molar-refractivity contribution in [3.63, 3.8) is 0 Å². The van der Waals surface area contributed by atoms with Crippen LogP contribution in [0.25, 0.3) is 10.4 Å². The van der Waals surface area contributed by atoms with E-state index in [-0.39, 0.29) is 18.3 Å². The van der Waals surface area contributed by atoms with Crippen LogP contribution >= 0.6 is 23.7 Å². The molecule has 2 N–H and O–H groups in total. The number of rotatable bonds is 5. The van der Waals surface area contributed by atoms with Crippen LogP contribution in [0.3, 0.4) is 0 Å². The molecule has 0 saturated heterocycles. The van der Waals surface area contributed by atoms with E-state index in [0.29, 0.717) is 6.54 Å². The van der Waals surface area contributed by atoms with Gasteiger partial charge in [0.25, 0.3) is 5.91 Å². The van der Waals surface area contributed by atoms with Gasteiger partial charge in [-0.05, 0) is 42.1 Å². The van der Waals surface area contributed by atoms with Crippen molar-refractivity contribution in [1.82, 2.24) is 10.6 Å². The van der Waals surface area contributed by atoms with E-state index < -0.39 is 0 Å². The van der Waals surface area contributed by atoms with Gasteiger partial charge in [0.1, 0.15) is 0 Å². The van der Waals surface area contributed by atoms with Gasteiger partial charge in [-0.3, -0.25) is 4.79 Å². The summed E-state index contributed by atoms with van der Waals surface area (Å²) < 4.78 is 0. The Kier molecular flexibility index (Phi) is 6.00. The highest BCUT2D eigenvalue weighted by molar-refractivity contribution is 7.17. The van der Waals surface area contributed by atoms with Gasteiger partial charge >= 0.3 is 0 Å². The molecule has 0 saturated carbocycles. The fourth-order valence-electron chi connectivity index (χ4n) is 2.71. The van der Waals surface area contributed by atoms with Crippen molar-refractivity contribution in [3.05, 3.63) is 46.3 Å². The number of fused-ring (bicyclic) bond motifs is 3. The average molecular weight is 337 g/mol. The summed E-state index contributed by atoms with van der Waals surface area (Å²) in [5, 5.41) is 6.18. The van der Waals surface area contributed by atoms with Gasteiger partial charge in [0.05, 0.1) is 4.88 Å². The van der Waals surface area contributed by atoms with E-state index in [1.807, 2.05) is 0 Å². The first kappa shape index (κ1) is 17.0. The number of hydrogen-bond acceptors (Lipinski definition) is 3. The lowest BCUT2D eigenvalue weighted by Gasteiger charge is -2.15. The van der Waals surface area contributed by atoms with Crippen LogP contribution in [0.2, 0.25) is 0 Å². The lowest BCUT2D eigenvalue weighted by Crippen LogP contribution is -2.31. The zero-order valence-corrected chi connectivity index (χ0v) is 14.3. The molecule has 3 rings (SSSR count). The van der Waals surface area contributed by atoms with Crippen molar-refractivity contribution in [2.75, 3.05) is 19.6 Å². The Labute approximate surface area is 141 Å². The number of benzene rings is 1. The predicted octanol–water partition coefficient (Wildman–Crippen LogP) is 3.27. The summed E-state index contributed by atoms with van der Waals surface area (Å²) in [6, 6.07) is 10.6. The first-order valence-corrected chi connectivity index (χ1v) is 8.31. The molecule has 22 heavy (non-hydrogen) atoms. The van der Waals surface area contributed by atoms with E-state index in [9.17, 15) is 4.79 Å². The topological polar surface area (TPSA) is 41.1 Å². The summed E-state index contributed by atoms with van der Waals surface area (Å²) in [6.07, 6.45) is 2.11. The molecule has 1 heterocycles. The molecule has 0 atom stereocenters. The van der Waals surface area contributed by atoms with Crippen molar-refractivity contribution in [1.29, 1.82) is 0 Å². The smallest absolute Gasteiger partial charge is 0.261 e. The number of hydrogen-bond donors (Lipinski definition) is 2. The Morgan fingerprint density at radius 3 is 2.77 bits per heavy atom. The van der Waals surface area contributed by atoms with Gasteiger partial charge in [-0.1, -0.05) is 31.2 Å². The number of carbonyl (C=O) groups excluding carboxylic acids is 1. The van der Waals surface area contributed by atoms with E-state index in [1.165, 1.54) is 21.6 Å². The summed E-state index contributed by atoms with van der Waals surface area (Å²) >= 11 is 1.62. The highest BCUT2D eigenvalue weighted by Gasteiger charge is 2.20. The largest absolute Gasteiger partial charge is 0.350 e. The number of carbonyl (C=O) groups is 1. The van der Waals surface area contributed by atoms with E-state index in [1.54, 1.807) is 11.3 Å². The van der Waals surface area contributed by atoms with E-state index >= 15 is 0 Å². The van der Waals surface area contributed by atoms with Crippen molar-refractivity contribution in [2.24, 2.45) is 0 Å². The lowest BCUT2D eigenvalue weighted by molar-refractivity contribution is 0.0958. The molecule has 1 aromatic heterocycles. The normalized spacial score (nSPS) is 12.0. The monoisotopic (exact) mass is 336 g/mol. The first-order valence-electron chi connectivity index (χ1n) is 7.49.